The van der Waals surface area contributed by atoms with Crippen molar-refractivity contribution in [1.29, 1.82) is 0 Å². The Morgan fingerprint density at radius 1 is 1.82 bits per heavy atom. The first kappa shape index (κ1) is 7.98. The molecule has 0 radical (unpaired) electrons. The van der Waals surface area contributed by atoms with Crippen LogP contribution in [0, 0.1) is 11.2 Å². The maximum absolute atomic E-state index is 8.88. The Morgan fingerprint density at radius 2 is 2.55 bits per heavy atom. The molecule has 0 amide bonds. The Labute approximate surface area is 69.6 Å². The summed E-state index contributed by atoms with van der Waals surface area (Å²) in [6.07, 6.45) is 0.538. The van der Waals surface area contributed by atoms with Gasteiger partial charge in [0.1, 0.15) is 5.84 Å². The normalized spacial score (nSPS) is 22.2. The Hall–Kier alpha value is -1.12. The number of thiol groups is 1. The summed E-state index contributed by atoms with van der Waals surface area (Å²) >= 11 is 3.69. The van der Waals surface area contributed by atoms with Crippen molar-refractivity contribution < 1.29 is 5.11 Å². The van der Waals surface area contributed by atoms with Crippen LogP contribution in [0.15, 0.2) is 16.8 Å². The Bertz CT molecular complexity index is 273. The molecule has 4 N–H and O–H groups in total. The molecule has 0 saturated heterocycles. The van der Waals surface area contributed by atoms with E-state index in [2.05, 4.69) is 34.1 Å². The van der Waals surface area contributed by atoms with Crippen LogP contribution in [0.5, 0.6) is 0 Å². The van der Waals surface area contributed by atoms with E-state index in [0.29, 0.717) is 5.57 Å². The number of rotatable bonds is 0. The van der Waals surface area contributed by atoms with E-state index in [0.717, 1.165) is 0 Å². The summed E-state index contributed by atoms with van der Waals surface area (Å²) in [7, 11) is 0. The molecule has 1 rings (SSSR count). The minimum atomic E-state index is -0.958. The smallest absolute Gasteiger partial charge is 0.224 e. The first-order valence-electron chi connectivity index (χ1n) is 2.87. The highest BCUT2D eigenvalue weighted by molar-refractivity contribution is 7.85. The van der Waals surface area contributed by atoms with Crippen LogP contribution in [0.25, 0.3) is 0 Å². The highest BCUT2D eigenvalue weighted by atomic mass is 32.1. The fourth-order valence-corrected chi connectivity index (χ4v) is 0.751. The zero-order valence-corrected chi connectivity index (χ0v) is 6.47. The Kier molecular flexibility index (Phi) is 2.41. The van der Waals surface area contributed by atoms with E-state index in [1.165, 1.54) is 6.20 Å². The number of nitrogens with zero attached hydrogens (tertiary/aromatic N) is 1. The topological polar surface area (TPSA) is 70.6 Å². The summed E-state index contributed by atoms with van der Waals surface area (Å²) in [5, 5.41) is 13.8. The zero-order valence-electron chi connectivity index (χ0n) is 5.57. The average molecular weight is 169 g/mol. The highest BCUT2D eigenvalue weighted by Gasteiger charge is 2.08. The van der Waals surface area contributed by atoms with Crippen molar-refractivity contribution in [3.63, 3.8) is 0 Å². The van der Waals surface area contributed by atoms with Gasteiger partial charge in [-0.25, -0.2) is 4.99 Å². The second-order valence-electron chi connectivity index (χ2n) is 1.85. The third-order valence-corrected chi connectivity index (χ3v) is 1.22. The number of hydrogen-bond donors (Lipinski definition) is 4. The third-order valence-electron chi connectivity index (χ3n) is 1.10. The van der Waals surface area contributed by atoms with E-state index >= 15 is 0 Å². The summed E-state index contributed by atoms with van der Waals surface area (Å²) in [6.45, 7) is 0. The lowest BCUT2D eigenvalue weighted by Gasteiger charge is -2.12. The predicted molar refractivity (Wildman–Crippen MR) is 45.6 cm³/mol. The molecular weight excluding hydrogens is 162 g/mol. The van der Waals surface area contributed by atoms with Gasteiger partial charge in [-0.1, -0.05) is 12.6 Å². The summed E-state index contributed by atoms with van der Waals surface area (Å²) in [5.41, 5.74) is 5.93. The van der Waals surface area contributed by atoms with Crippen molar-refractivity contribution in [1.82, 2.24) is 5.32 Å². The quantitative estimate of drug-likeness (QED) is 0.277. The van der Waals surface area contributed by atoms with Crippen molar-refractivity contribution >= 4 is 18.5 Å². The van der Waals surface area contributed by atoms with Gasteiger partial charge >= 0.3 is 0 Å². The molecule has 4 nitrogen and oxygen atoms in total. The second-order valence-corrected chi connectivity index (χ2v) is 2.07. The molecule has 0 aromatic carbocycles. The van der Waals surface area contributed by atoms with Crippen molar-refractivity contribution in [2.24, 2.45) is 10.7 Å². The molecule has 0 aromatic rings. The van der Waals surface area contributed by atoms with Crippen LogP contribution in [0.1, 0.15) is 0 Å². The summed E-state index contributed by atoms with van der Waals surface area (Å²) < 4.78 is 0. The first-order valence-corrected chi connectivity index (χ1v) is 3.32. The molecule has 0 spiro atoms. The van der Waals surface area contributed by atoms with E-state index in [1.54, 1.807) is 0 Å². The van der Waals surface area contributed by atoms with Crippen LogP contribution in [0.2, 0.25) is 0 Å². The van der Waals surface area contributed by atoms with Crippen LogP contribution in [-0.2, 0) is 0 Å². The van der Waals surface area contributed by atoms with Gasteiger partial charge < -0.3 is 16.2 Å². The number of amidine groups is 1. The van der Waals surface area contributed by atoms with Gasteiger partial charge in [0, 0.05) is 6.20 Å². The lowest BCUT2D eigenvalue weighted by molar-refractivity contribution is 0.161. The van der Waals surface area contributed by atoms with Gasteiger partial charge in [0.05, 0.1) is 5.57 Å². The maximum atomic E-state index is 8.88. The second kappa shape index (κ2) is 3.32. The lowest BCUT2D eigenvalue weighted by Crippen LogP contribution is -2.32. The fraction of sp³-hybridized carbons (Fsp3) is 0.167. The number of aliphatic imine (C=N–C) groups is 1. The summed E-state index contributed by atoms with van der Waals surface area (Å²) in [4.78, 5) is 3.62. The van der Waals surface area contributed by atoms with Gasteiger partial charge in [0.15, 0.2) is 0 Å². The van der Waals surface area contributed by atoms with Crippen molar-refractivity contribution in [2.45, 2.75) is 6.35 Å². The largest absolute Gasteiger partial charge is 0.383 e. The number of aliphatic hydroxyl groups is 1. The van der Waals surface area contributed by atoms with Gasteiger partial charge in [0.25, 0.3) is 0 Å². The zero-order chi connectivity index (χ0) is 8.27. The molecule has 0 bridgehead atoms. The van der Waals surface area contributed by atoms with E-state index < -0.39 is 6.35 Å². The van der Waals surface area contributed by atoms with Gasteiger partial charge in [0.2, 0.25) is 6.35 Å². The monoisotopic (exact) mass is 169 g/mol. The lowest BCUT2D eigenvalue weighted by atomic mass is 10.2. The molecule has 5 heteroatoms. The van der Waals surface area contributed by atoms with Crippen molar-refractivity contribution in [2.75, 3.05) is 0 Å². The molecule has 1 atom stereocenters. The van der Waals surface area contributed by atoms with Crippen molar-refractivity contribution in [3.05, 3.63) is 11.8 Å². The average Bonchev–Trinajstić information content (AvgIpc) is 1.95. The molecule has 58 valence electrons. The molecule has 0 aromatic heterocycles. The molecule has 11 heavy (non-hydrogen) atoms. The van der Waals surface area contributed by atoms with E-state index in [4.69, 9.17) is 10.8 Å². The SMILES string of the molecule is NC1=NC(O)NC=C1C#CS. The third kappa shape index (κ3) is 1.90. The molecule has 1 heterocycles. The standard InChI is InChI=1S/C6H7N3OS/c7-5-4(1-2-11)3-8-6(10)9-5/h3,6,8,10-11H,(H2,7,9). The summed E-state index contributed by atoms with van der Waals surface area (Å²) in [5.74, 6) is 2.82. The van der Waals surface area contributed by atoms with Gasteiger partial charge in [-0.2, -0.15) is 0 Å². The van der Waals surface area contributed by atoms with E-state index in [9.17, 15) is 0 Å². The first-order chi connectivity index (χ1) is 5.24. The number of hydrogen-bond acceptors (Lipinski definition) is 5. The minimum Gasteiger partial charge on any atom is -0.383 e. The van der Waals surface area contributed by atoms with Crippen LogP contribution < -0.4 is 11.1 Å². The number of aliphatic hydroxyl groups excluding tert-OH is 1. The highest BCUT2D eigenvalue weighted by Crippen LogP contribution is 1.98. The van der Waals surface area contributed by atoms with E-state index in [1.807, 2.05) is 0 Å². The molecule has 0 saturated carbocycles. The van der Waals surface area contributed by atoms with Gasteiger partial charge in [-0.15, -0.1) is 0 Å². The number of nitrogens with one attached hydrogen (secondary N) is 1. The van der Waals surface area contributed by atoms with Crippen LogP contribution >= 0.6 is 12.6 Å². The van der Waals surface area contributed by atoms with Crippen molar-refractivity contribution in [3.8, 4) is 11.2 Å². The maximum Gasteiger partial charge on any atom is 0.224 e. The van der Waals surface area contributed by atoms with Crippen LogP contribution in [0.4, 0.5) is 0 Å². The molecule has 1 unspecified atom stereocenters. The number of nitrogens with two attached hydrogens (primary N) is 1. The molecule has 1 aliphatic rings. The molecular formula is C6H7N3OS. The predicted octanol–water partition coefficient (Wildman–Crippen LogP) is -1.00. The van der Waals surface area contributed by atoms with Gasteiger partial charge in [-0.05, 0) is 11.2 Å². The Balaban J connectivity index is 2.82. The summed E-state index contributed by atoms with van der Waals surface area (Å²) in [6, 6.07) is 0. The molecule has 0 aliphatic carbocycles. The Morgan fingerprint density at radius 3 is 3.09 bits per heavy atom. The van der Waals surface area contributed by atoms with Crippen LogP contribution in [0.3, 0.4) is 0 Å². The van der Waals surface area contributed by atoms with Crippen LogP contribution in [-0.4, -0.2) is 17.3 Å². The fourth-order valence-electron chi connectivity index (χ4n) is 0.631. The minimum absolute atomic E-state index is 0.220. The molecule has 0 fully saturated rings. The van der Waals surface area contributed by atoms with E-state index in [-0.39, 0.29) is 5.84 Å². The molecule has 1 aliphatic heterocycles. The van der Waals surface area contributed by atoms with Gasteiger partial charge in [-0.3, -0.25) is 0 Å².